The minimum atomic E-state index is -0.864. The van der Waals surface area contributed by atoms with Gasteiger partial charge in [0.05, 0.1) is 25.1 Å². The van der Waals surface area contributed by atoms with Gasteiger partial charge >= 0.3 is 0 Å². The van der Waals surface area contributed by atoms with E-state index in [9.17, 15) is 9.59 Å². The largest absolute Gasteiger partial charge is 0.482 e. The molecule has 1 fully saturated rings. The second kappa shape index (κ2) is 11.9. The van der Waals surface area contributed by atoms with Crippen LogP contribution in [0.4, 0.5) is 4.39 Å². The Morgan fingerprint density at radius 2 is 1.95 bits per heavy atom. The molecule has 1 saturated heterocycles. The van der Waals surface area contributed by atoms with Gasteiger partial charge in [0.2, 0.25) is 5.91 Å². The SMILES string of the molecule is CCC1(CC)CC(=O)N(C(CCOC)c2cc(F)cc(C(=O)NC3c4ccccc4OC3(C)COC)c2)C(=N)N1. The summed E-state index contributed by atoms with van der Waals surface area (Å²) in [4.78, 5) is 28.3. The topological polar surface area (TPSA) is 113 Å². The number of fused-ring (bicyclic) bond motifs is 1. The number of hydrogen-bond donors (Lipinski definition) is 3. The highest BCUT2D eigenvalue weighted by atomic mass is 19.1. The van der Waals surface area contributed by atoms with E-state index in [0.717, 1.165) is 5.56 Å². The zero-order chi connectivity index (χ0) is 29.1. The van der Waals surface area contributed by atoms with Gasteiger partial charge in [-0.25, -0.2) is 4.39 Å². The highest BCUT2D eigenvalue weighted by Crippen LogP contribution is 2.43. The molecule has 2 aromatic rings. The Balaban J connectivity index is 1.66. The minimum absolute atomic E-state index is 0.0358. The second-order valence-corrected chi connectivity index (χ2v) is 10.8. The van der Waals surface area contributed by atoms with Gasteiger partial charge in [0.15, 0.2) is 11.6 Å². The summed E-state index contributed by atoms with van der Waals surface area (Å²) < 4.78 is 31.9. The average molecular weight is 555 g/mol. The molecule has 0 radical (unpaired) electrons. The molecule has 40 heavy (non-hydrogen) atoms. The molecular weight excluding hydrogens is 515 g/mol. The smallest absolute Gasteiger partial charge is 0.252 e. The van der Waals surface area contributed by atoms with Gasteiger partial charge in [-0.15, -0.1) is 0 Å². The third-order valence-corrected chi connectivity index (χ3v) is 8.10. The highest BCUT2D eigenvalue weighted by Gasteiger charge is 2.46. The number of ether oxygens (including phenoxy) is 3. The number of methoxy groups -OCH3 is 2. The number of halogens is 1. The van der Waals surface area contributed by atoms with Crippen molar-refractivity contribution in [2.24, 2.45) is 0 Å². The predicted octanol–water partition coefficient (Wildman–Crippen LogP) is 4.49. The lowest BCUT2D eigenvalue weighted by molar-refractivity contribution is -0.133. The van der Waals surface area contributed by atoms with Gasteiger partial charge in [0.25, 0.3) is 5.91 Å². The molecule has 216 valence electrons. The molecule has 0 bridgehead atoms. The highest BCUT2D eigenvalue weighted by molar-refractivity contribution is 6.00. The molecule has 0 aliphatic carbocycles. The lowest BCUT2D eigenvalue weighted by Crippen LogP contribution is -2.62. The Labute approximate surface area is 234 Å². The number of carbonyl (C=O) groups excluding carboxylic acids is 2. The van der Waals surface area contributed by atoms with Crippen LogP contribution in [0, 0.1) is 11.2 Å². The van der Waals surface area contributed by atoms with Crippen molar-refractivity contribution in [2.45, 2.75) is 69.7 Å². The lowest BCUT2D eigenvalue weighted by atomic mass is 9.86. The van der Waals surface area contributed by atoms with Crippen molar-refractivity contribution in [3.63, 3.8) is 0 Å². The van der Waals surface area contributed by atoms with Crippen LogP contribution in [-0.4, -0.2) is 61.2 Å². The van der Waals surface area contributed by atoms with Crippen LogP contribution in [0.2, 0.25) is 0 Å². The molecule has 2 aliphatic rings. The van der Waals surface area contributed by atoms with E-state index in [-0.39, 0.29) is 37.1 Å². The summed E-state index contributed by atoms with van der Waals surface area (Å²) in [5, 5.41) is 14.9. The number of nitrogens with one attached hydrogen (secondary N) is 3. The number of benzene rings is 2. The van der Waals surface area contributed by atoms with E-state index < -0.39 is 34.9 Å². The van der Waals surface area contributed by atoms with Gasteiger partial charge in [0, 0.05) is 37.5 Å². The molecule has 3 unspecified atom stereocenters. The van der Waals surface area contributed by atoms with E-state index in [0.29, 0.717) is 30.6 Å². The third-order valence-electron chi connectivity index (χ3n) is 8.10. The molecule has 10 heteroatoms. The maximum absolute atomic E-state index is 15.1. The first-order valence-corrected chi connectivity index (χ1v) is 13.7. The van der Waals surface area contributed by atoms with Crippen molar-refractivity contribution in [3.05, 3.63) is 65.0 Å². The molecule has 3 N–H and O–H groups in total. The van der Waals surface area contributed by atoms with Crippen molar-refractivity contribution in [3.8, 4) is 5.75 Å². The van der Waals surface area contributed by atoms with E-state index in [2.05, 4.69) is 10.6 Å². The van der Waals surface area contributed by atoms with Gasteiger partial charge in [-0.1, -0.05) is 32.0 Å². The van der Waals surface area contributed by atoms with Gasteiger partial charge < -0.3 is 24.8 Å². The van der Waals surface area contributed by atoms with E-state index >= 15 is 4.39 Å². The molecule has 0 aromatic heterocycles. The molecule has 2 aromatic carbocycles. The van der Waals surface area contributed by atoms with E-state index in [4.69, 9.17) is 19.6 Å². The maximum atomic E-state index is 15.1. The van der Waals surface area contributed by atoms with Crippen LogP contribution in [0.1, 0.15) is 80.0 Å². The first-order chi connectivity index (χ1) is 19.1. The fourth-order valence-electron chi connectivity index (χ4n) is 5.77. The third kappa shape index (κ3) is 5.69. The molecule has 2 aliphatic heterocycles. The fourth-order valence-corrected chi connectivity index (χ4v) is 5.77. The van der Waals surface area contributed by atoms with E-state index in [1.807, 2.05) is 45.0 Å². The Morgan fingerprint density at radius 3 is 2.60 bits per heavy atom. The number of carbonyl (C=O) groups is 2. The Morgan fingerprint density at radius 1 is 1.23 bits per heavy atom. The molecular formula is C30H39FN4O5. The summed E-state index contributed by atoms with van der Waals surface area (Å²) in [7, 11) is 3.11. The number of guanidine groups is 1. The minimum Gasteiger partial charge on any atom is -0.482 e. The van der Waals surface area contributed by atoms with Crippen molar-refractivity contribution in [2.75, 3.05) is 27.4 Å². The van der Waals surface area contributed by atoms with Gasteiger partial charge in [-0.3, -0.25) is 19.9 Å². The quantitative estimate of drug-likeness (QED) is 0.377. The first-order valence-electron chi connectivity index (χ1n) is 13.7. The Bertz CT molecular complexity index is 1250. The van der Waals surface area contributed by atoms with Crippen LogP contribution < -0.4 is 15.4 Å². The molecule has 0 spiro atoms. The van der Waals surface area contributed by atoms with Crippen LogP contribution >= 0.6 is 0 Å². The van der Waals surface area contributed by atoms with Gasteiger partial charge in [0.1, 0.15) is 11.6 Å². The number of hydrogen-bond acceptors (Lipinski definition) is 6. The monoisotopic (exact) mass is 554 g/mol. The van der Waals surface area contributed by atoms with Crippen LogP contribution in [0.5, 0.6) is 5.75 Å². The molecule has 2 heterocycles. The van der Waals surface area contributed by atoms with Crippen molar-refractivity contribution in [1.82, 2.24) is 15.5 Å². The number of nitrogens with zero attached hydrogens (tertiary/aromatic N) is 1. The first kappa shape index (κ1) is 29.5. The van der Waals surface area contributed by atoms with Crippen LogP contribution in [-0.2, 0) is 14.3 Å². The van der Waals surface area contributed by atoms with Gasteiger partial charge in [-0.2, -0.15) is 0 Å². The number of para-hydroxylation sites is 1. The number of rotatable bonds is 11. The van der Waals surface area contributed by atoms with Crippen molar-refractivity contribution < 1.29 is 28.2 Å². The molecule has 9 nitrogen and oxygen atoms in total. The van der Waals surface area contributed by atoms with Crippen LogP contribution in [0.25, 0.3) is 0 Å². The standard InChI is InChI=1S/C30H39FN4O5/c1-6-30(7-2)17-25(36)35(28(32)34-30)23(12-13-38-4)19-14-20(16-21(31)15-19)27(37)33-26-22-10-8-9-11-24(22)40-29(26,3)18-39-5/h8-11,14-16,23,26H,6-7,12-13,17-18H2,1-5H3,(H2,32,34)(H,33,37). The summed E-state index contributed by atoms with van der Waals surface area (Å²) >= 11 is 0. The summed E-state index contributed by atoms with van der Waals surface area (Å²) in [6.07, 6.45) is 1.91. The lowest BCUT2D eigenvalue weighted by Gasteiger charge is -2.45. The normalized spacial score (nSPS) is 22.4. The molecule has 4 rings (SSSR count). The summed E-state index contributed by atoms with van der Waals surface area (Å²) in [5.74, 6) is -0.719. The molecule has 3 atom stereocenters. The average Bonchev–Trinajstić information content (AvgIpc) is 3.20. The van der Waals surface area contributed by atoms with Crippen LogP contribution in [0.3, 0.4) is 0 Å². The predicted molar refractivity (Wildman–Crippen MR) is 149 cm³/mol. The van der Waals surface area contributed by atoms with Gasteiger partial charge in [-0.05, 0) is 56.0 Å². The zero-order valence-electron chi connectivity index (χ0n) is 23.8. The van der Waals surface area contributed by atoms with E-state index in [1.54, 1.807) is 20.3 Å². The van der Waals surface area contributed by atoms with Crippen molar-refractivity contribution >= 4 is 17.8 Å². The Kier molecular flexibility index (Phi) is 8.80. The number of amides is 2. The van der Waals surface area contributed by atoms with E-state index in [1.165, 1.54) is 17.0 Å². The fraction of sp³-hybridized carbons (Fsp3) is 0.500. The molecule has 0 saturated carbocycles. The van der Waals surface area contributed by atoms with Crippen LogP contribution in [0.15, 0.2) is 42.5 Å². The zero-order valence-corrected chi connectivity index (χ0v) is 23.8. The summed E-state index contributed by atoms with van der Waals surface area (Å²) in [5.41, 5.74) is -0.0408. The maximum Gasteiger partial charge on any atom is 0.252 e. The van der Waals surface area contributed by atoms with Crippen molar-refractivity contribution in [1.29, 1.82) is 5.41 Å². The molecule has 2 amide bonds. The second-order valence-electron chi connectivity index (χ2n) is 10.8. The summed E-state index contributed by atoms with van der Waals surface area (Å²) in [6.45, 7) is 6.32. The summed E-state index contributed by atoms with van der Waals surface area (Å²) in [6, 6.07) is 10.3. The Hall–Kier alpha value is -3.50.